The zero-order chi connectivity index (χ0) is 35.3. The van der Waals surface area contributed by atoms with Crippen LogP contribution >= 0.6 is 11.6 Å². The van der Waals surface area contributed by atoms with Crippen molar-refractivity contribution in [3.05, 3.63) is 77.2 Å². The standard InChI is InChI=1S/C29H34ClN13O5/c1-15(30)24(44)38-23-11-22(43(5)39-23)28(48)37-18-10-21(42(4)14-18)27(47)36-17-9-20(41(3)13-17)26(46)35-16-8-19(40(2)12-16)25(45)33-6-7-34-29(31)32/h8-14H,1,6-7H2,2-5H3,(H,33,45)(H,35,46)(H,36,47)(H,37,48)(H4,31,32,34)(H,38,39,44). The van der Waals surface area contributed by atoms with Gasteiger partial charge in [-0.2, -0.15) is 5.10 Å². The van der Waals surface area contributed by atoms with Gasteiger partial charge in [0.2, 0.25) is 0 Å². The molecule has 252 valence electrons. The molecule has 48 heavy (non-hydrogen) atoms. The third-order valence-corrected chi connectivity index (χ3v) is 6.95. The molecule has 0 aliphatic carbocycles. The number of halogens is 1. The van der Waals surface area contributed by atoms with E-state index in [2.05, 4.69) is 43.3 Å². The van der Waals surface area contributed by atoms with Crippen LogP contribution in [0.15, 0.2) is 59.5 Å². The fourth-order valence-electron chi connectivity index (χ4n) is 4.53. The van der Waals surface area contributed by atoms with Crippen LogP contribution in [-0.4, -0.2) is 72.1 Å². The van der Waals surface area contributed by atoms with E-state index < -0.39 is 23.6 Å². The smallest absolute Gasteiger partial charge is 0.274 e. The number of aliphatic imine (C=N–C) groups is 1. The summed E-state index contributed by atoms with van der Waals surface area (Å²) in [6.07, 6.45) is 4.70. The number of guanidine groups is 1. The predicted octanol–water partition coefficient (Wildman–Crippen LogP) is 0.887. The number of hydrogen-bond donors (Lipinski definition) is 7. The topological polar surface area (TPSA) is 243 Å². The van der Waals surface area contributed by atoms with Crippen LogP contribution in [-0.2, 0) is 33.0 Å². The van der Waals surface area contributed by atoms with Crippen molar-refractivity contribution in [2.45, 2.75) is 0 Å². The maximum absolute atomic E-state index is 13.1. The molecule has 0 bridgehead atoms. The average molecular weight is 680 g/mol. The molecule has 9 N–H and O–H groups in total. The molecule has 0 aliphatic rings. The second-order valence-electron chi connectivity index (χ2n) is 10.5. The zero-order valence-corrected chi connectivity index (χ0v) is 27.2. The van der Waals surface area contributed by atoms with E-state index in [0.717, 1.165) is 0 Å². The Kier molecular flexibility index (Phi) is 10.4. The minimum Gasteiger partial charge on any atom is -0.370 e. The fraction of sp³-hybridized carbons (Fsp3) is 0.207. The number of hydrogen-bond acceptors (Lipinski definition) is 7. The highest BCUT2D eigenvalue weighted by Gasteiger charge is 2.20. The summed E-state index contributed by atoms with van der Waals surface area (Å²) >= 11 is 5.58. The Morgan fingerprint density at radius 2 is 1.17 bits per heavy atom. The van der Waals surface area contributed by atoms with Crippen molar-refractivity contribution in [2.24, 2.45) is 44.7 Å². The van der Waals surface area contributed by atoms with E-state index in [1.54, 1.807) is 44.3 Å². The van der Waals surface area contributed by atoms with Gasteiger partial charge in [0.05, 0.1) is 28.6 Å². The summed E-state index contributed by atoms with van der Waals surface area (Å²) in [5.41, 5.74) is 12.5. The van der Waals surface area contributed by atoms with Crippen molar-refractivity contribution < 1.29 is 24.0 Å². The normalized spacial score (nSPS) is 10.6. The Bertz CT molecular complexity index is 1960. The molecule has 4 aromatic rings. The number of carbonyl (C=O) groups is 5. The third-order valence-electron chi connectivity index (χ3n) is 6.78. The lowest BCUT2D eigenvalue weighted by Crippen LogP contribution is -2.29. The van der Waals surface area contributed by atoms with E-state index in [9.17, 15) is 24.0 Å². The molecule has 19 heteroatoms. The molecule has 0 fully saturated rings. The Balaban J connectivity index is 1.37. The molecule has 4 rings (SSSR count). The second kappa shape index (κ2) is 14.4. The number of nitrogens with two attached hydrogens (primary N) is 2. The average Bonchev–Trinajstić information content (AvgIpc) is 3.76. The van der Waals surface area contributed by atoms with Gasteiger partial charge in [-0.25, -0.2) is 0 Å². The summed E-state index contributed by atoms with van der Waals surface area (Å²) < 4.78 is 5.89. The van der Waals surface area contributed by atoms with Gasteiger partial charge < -0.3 is 51.8 Å². The summed E-state index contributed by atoms with van der Waals surface area (Å²) in [5, 5.41) is 17.1. The van der Waals surface area contributed by atoms with E-state index in [1.165, 1.54) is 45.1 Å². The number of nitrogens with zero attached hydrogens (tertiary/aromatic N) is 6. The molecule has 4 heterocycles. The predicted molar refractivity (Wildman–Crippen MR) is 180 cm³/mol. The van der Waals surface area contributed by atoms with Crippen LogP contribution in [0.2, 0.25) is 0 Å². The number of nitrogens with one attached hydrogen (secondary N) is 5. The van der Waals surface area contributed by atoms with Crippen molar-refractivity contribution in [2.75, 3.05) is 34.4 Å². The lowest BCUT2D eigenvalue weighted by atomic mass is 10.3. The van der Waals surface area contributed by atoms with E-state index in [4.69, 9.17) is 23.1 Å². The fourth-order valence-corrected chi connectivity index (χ4v) is 4.58. The van der Waals surface area contributed by atoms with Crippen molar-refractivity contribution in [3.8, 4) is 0 Å². The molecule has 0 unspecified atom stereocenters. The Labute approximate surface area is 278 Å². The molecule has 0 radical (unpaired) electrons. The van der Waals surface area contributed by atoms with E-state index in [-0.39, 0.29) is 52.9 Å². The Morgan fingerprint density at radius 1 is 0.729 bits per heavy atom. The lowest BCUT2D eigenvalue weighted by Gasteiger charge is -2.04. The van der Waals surface area contributed by atoms with E-state index >= 15 is 0 Å². The maximum atomic E-state index is 13.1. The van der Waals surface area contributed by atoms with Gasteiger partial charge in [-0.15, -0.1) is 0 Å². The number of amides is 5. The third kappa shape index (κ3) is 8.29. The summed E-state index contributed by atoms with van der Waals surface area (Å²) in [4.78, 5) is 67.2. The largest absolute Gasteiger partial charge is 0.370 e. The SMILES string of the molecule is C=C(Cl)C(=O)Nc1cc(C(=O)Nc2cc(C(=O)Nc3cc(C(=O)Nc4cc(C(=O)NCCN=C(N)N)n(C)c4)n(C)c3)n(C)c2)n(C)n1. The summed E-state index contributed by atoms with van der Waals surface area (Å²) in [6.45, 7) is 3.78. The van der Waals surface area contributed by atoms with E-state index in [0.29, 0.717) is 22.8 Å². The van der Waals surface area contributed by atoms with Gasteiger partial charge in [0.1, 0.15) is 22.8 Å². The molecular formula is C29H34ClN13O5. The Hall–Kier alpha value is -6.30. The van der Waals surface area contributed by atoms with Gasteiger partial charge in [-0.3, -0.25) is 33.6 Å². The molecule has 0 aromatic carbocycles. The van der Waals surface area contributed by atoms with Crippen molar-refractivity contribution in [1.29, 1.82) is 0 Å². The molecule has 5 amide bonds. The first-order valence-corrected chi connectivity index (χ1v) is 14.5. The van der Waals surface area contributed by atoms with Gasteiger partial charge in [-0.05, 0) is 18.2 Å². The van der Waals surface area contributed by atoms with Crippen molar-refractivity contribution in [1.82, 2.24) is 28.8 Å². The van der Waals surface area contributed by atoms with Crippen LogP contribution in [0.4, 0.5) is 22.9 Å². The molecule has 18 nitrogen and oxygen atoms in total. The Morgan fingerprint density at radius 3 is 1.60 bits per heavy atom. The highest BCUT2D eigenvalue weighted by molar-refractivity contribution is 6.43. The molecule has 0 saturated carbocycles. The zero-order valence-electron chi connectivity index (χ0n) is 26.4. The molecular weight excluding hydrogens is 646 g/mol. The number of rotatable bonds is 12. The first-order valence-electron chi connectivity index (χ1n) is 14.1. The minimum absolute atomic E-state index is 0.0747. The highest BCUT2D eigenvalue weighted by atomic mass is 35.5. The number of carbonyl (C=O) groups excluding carboxylic acids is 5. The first-order chi connectivity index (χ1) is 22.6. The molecule has 0 saturated heterocycles. The minimum atomic E-state index is -0.656. The second-order valence-corrected chi connectivity index (χ2v) is 11.0. The van der Waals surface area contributed by atoms with Crippen LogP contribution in [0.3, 0.4) is 0 Å². The first kappa shape index (κ1) is 34.6. The van der Waals surface area contributed by atoms with Gasteiger partial charge in [-0.1, -0.05) is 18.2 Å². The van der Waals surface area contributed by atoms with Gasteiger partial charge in [0.15, 0.2) is 11.8 Å². The monoisotopic (exact) mass is 679 g/mol. The number of anilines is 4. The van der Waals surface area contributed by atoms with Gasteiger partial charge in [0.25, 0.3) is 29.5 Å². The quantitative estimate of drug-likeness (QED) is 0.0489. The van der Waals surface area contributed by atoms with Crippen LogP contribution in [0.5, 0.6) is 0 Å². The van der Waals surface area contributed by atoms with Crippen LogP contribution in [0.25, 0.3) is 0 Å². The molecule has 0 atom stereocenters. The van der Waals surface area contributed by atoms with Crippen molar-refractivity contribution >= 4 is 70.0 Å². The maximum Gasteiger partial charge on any atom is 0.274 e. The van der Waals surface area contributed by atoms with Gasteiger partial charge >= 0.3 is 0 Å². The molecule has 4 aromatic heterocycles. The number of aryl methyl sites for hydroxylation is 4. The van der Waals surface area contributed by atoms with Crippen molar-refractivity contribution in [3.63, 3.8) is 0 Å². The van der Waals surface area contributed by atoms with Gasteiger partial charge in [0, 0.05) is 59.4 Å². The molecule has 0 aliphatic heterocycles. The highest BCUT2D eigenvalue weighted by Crippen LogP contribution is 2.20. The summed E-state index contributed by atoms with van der Waals surface area (Å²) in [6, 6.07) is 5.86. The summed E-state index contributed by atoms with van der Waals surface area (Å²) in [7, 11) is 6.45. The number of aromatic nitrogens is 5. The van der Waals surface area contributed by atoms with Crippen LogP contribution < -0.4 is 38.1 Å². The van der Waals surface area contributed by atoms with E-state index in [1.807, 2.05) is 0 Å². The lowest BCUT2D eigenvalue weighted by molar-refractivity contribution is -0.112. The summed E-state index contributed by atoms with van der Waals surface area (Å²) in [5.74, 6) is -2.52. The van der Waals surface area contributed by atoms with Crippen LogP contribution in [0.1, 0.15) is 42.0 Å². The van der Waals surface area contributed by atoms with Crippen LogP contribution in [0, 0.1) is 0 Å². The molecule has 0 spiro atoms.